The molecule has 0 radical (unpaired) electrons. The SMILES string of the molecule is Cn1nc(C(F)(F)C(F)(F)F)c(C(F)(F)F)c1-n1cc(-c2cccc(NC(=O)c3ccncc3)c2F)nn1. The van der Waals surface area contributed by atoms with E-state index in [1.807, 2.05) is 0 Å². The summed E-state index contributed by atoms with van der Waals surface area (Å²) in [6.45, 7) is 0. The van der Waals surface area contributed by atoms with Crippen LogP contribution in [-0.2, 0) is 19.1 Å². The van der Waals surface area contributed by atoms with Gasteiger partial charge in [-0.25, -0.2) is 13.8 Å². The first-order chi connectivity index (χ1) is 17.6. The third kappa shape index (κ3) is 4.66. The minimum absolute atomic E-state index is 0.123. The number of rotatable bonds is 5. The predicted octanol–water partition coefficient (Wildman–Crippen LogP) is 5.13. The number of alkyl halides is 8. The number of anilines is 1. The maximum absolute atomic E-state index is 15.2. The van der Waals surface area contributed by atoms with Crippen molar-refractivity contribution in [3.05, 3.63) is 71.6 Å². The highest BCUT2D eigenvalue weighted by molar-refractivity contribution is 6.04. The summed E-state index contributed by atoms with van der Waals surface area (Å²) in [7, 11) is 0.692. The van der Waals surface area contributed by atoms with Crippen molar-refractivity contribution in [2.24, 2.45) is 7.05 Å². The molecule has 0 spiro atoms. The molecular weight excluding hydrogens is 537 g/mol. The minimum atomic E-state index is -6.38. The minimum Gasteiger partial charge on any atom is -0.319 e. The van der Waals surface area contributed by atoms with Gasteiger partial charge in [-0.15, -0.1) is 5.10 Å². The Kier molecular flexibility index (Phi) is 6.40. The number of hydrogen-bond donors (Lipinski definition) is 1. The first-order valence-corrected chi connectivity index (χ1v) is 10.1. The van der Waals surface area contributed by atoms with Crippen LogP contribution >= 0.6 is 0 Å². The van der Waals surface area contributed by atoms with Gasteiger partial charge in [0.2, 0.25) is 0 Å². The molecule has 0 aliphatic heterocycles. The molecule has 1 aromatic carbocycles. The van der Waals surface area contributed by atoms with E-state index in [1.165, 1.54) is 36.7 Å². The highest BCUT2D eigenvalue weighted by atomic mass is 19.4. The summed E-state index contributed by atoms with van der Waals surface area (Å²) in [5.74, 6) is -9.06. The summed E-state index contributed by atoms with van der Waals surface area (Å²) in [6, 6.07) is 6.28. The molecule has 0 bridgehead atoms. The molecule has 3 heterocycles. The highest BCUT2D eigenvalue weighted by Gasteiger charge is 2.64. The fraction of sp³-hybridized carbons (Fsp3) is 0.190. The van der Waals surface area contributed by atoms with Crippen LogP contribution in [0.3, 0.4) is 0 Å². The molecule has 8 nitrogen and oxygen atoms in total. The van der Waals surface area contributed by atoms with Crippen molar-refractivity contribution in [1.29, 1.82) is 0 Å². The van der Waals surface area contributed by atoms with Gasteiger partial charge in [0.15, 0.2) is 17.3 Å². The van der Waals surface area contributed by atoms with Crippen molar-refractivity contribution in [3.8, 4) is 17.1 Å². The molecule has 4 aromatic rings. The average molecular weight is 549 g/mol. The number of benzene rings is 1. The summed E-state index contributed by atoms with van der Waals surface area (Å²) in [6.07, 6.45) is -8.78. The Labute approximate surface area is 205 Å². The summed E-state index contributed by atoms with van der Waals surface area (Å²) in [5.41, 5.74) is -6.00. The lowest BCUT2D eigenvalue weighted by molar-refractivity contribution is -0.292. The summed E-state index contributed by atoms with van der Waals surface area (Å²) >= 11 is 0. The van der Waals surface area contributed by atoms with E-state index in [1.54, 1.807) is 0 Å². The fourth-order valence-corrected chi connectivity index (χ4v) is 3.41. The van der Waals surface area contributed by atoms with Crippen molar-refractivity contribution in [3.63, 3.8) is 0 Å². The van der Waals surface area contributed by atoms with Crippen molar-refractivity contribution >= 4 is 11.6 Å². The Morgan fingerprint density at radius 1 is 0.974 bits per heavy atom. The number of pyridine rings is 1. The molecule has 0 unspecified atom stereocenters. The lowest BCUT2D eigenvalue weighted by Crippen LogP contribution is -2.36. The van der Waals surface area contributed by atoms with Crippen LogP contribution in [0.4, 0.5) is 45.2 Å². The summed E-state index contributed by atoms with van der Waals surface area (Å²) < 4.78 is 123. The molecule has 1 N–H and O–H groups in total. The number of halogens is 9. The molecule has 38 heavy (non-hydrogen) atoms. The molecule has 0 aliphatic rings. The van der Waals surface area contributed by atoms with Gasteiger partial charge < -0.3 is 5.32 Å². The second-order valence-electron chi connectivity index (χ2n) is 7.65. The number of aromatic nitrogens is 6. The van der Waals surface area contributed by atoms with Crippen LogP contribution in [0.2, 0.25) is 0 Å². The molecular formula is C21H12F9N7O. The second kappa shape index (κ2) is 9.14. The van der Waals surface area contributed by atoms with Gasteiger partial charge in [-0.05, 0) is 24.3 Å². The molecule has 0 saturated heterocycles. The maximum atomic E-state index is 15.2. The van der Waals surface area contributed by atoms with Gasteiger partial charge in [-0.1, -0.05) is 11.3 Å². The average Bonchev–Trinajstić information content (AvgIpc) is 3.44. The zero-order valence-corrected chi connectivity index (χ0v) is 18.6. The van der Waals surface area contributed by atoms with E-state index < -0.39 is 52.8 Å². The van der Waals surface area contributed by atoms with Crippen LogP contribution < -0.4 is 5.32 Å². The number of carbonyl (C=O) groups is 1. The van der Waals surface area contributed by atoms with Crippen LogP contribution in [0.15, 0.2) is 48.9 Å². The quantitative estimate of drug-likeness (QED) is 0.349. The normalized spacial score (nSPS) is 12.6. The first kappa shape index (κ1) is 26.6. The maximum Gasteiger partial charge on any atom is 0.459 e. The zero-order chi connectivity index (χ0) is 28.0. The van der Waals surface area contributed by atoms with Crippen molar-refractivity contribution in [1.82, 2.24) is 29.8 Å². The smallest absolute Gasteiger partial charge is 0.319 e. The number of nitrogens with one attached hydrogen (secondary N) is 1. The molecule has 17 heteroatoms. The molecule has 0 fully saturated rings. The molecule has 1 amide bonds. The van der Waals surface area contributed by atoms with Crippen molar-refractivity contribution < 1.29 is 44.3 Å². The van der Waals surface area contributed by atoms with Gasteiger partial charge in [0.25, 0.3) is 5.91 Å². The first-order valence-electron chi connectivity index (χ1n) is 10.1. The molecule has 4 rings (SSSR count). The molecule has 0 aliphatic carbocycles. The predicted molar refractivity (Wildman–Crippen MR) is 111 cm³/mol. The molecule has 0 atom stereocenters. The molecule has 200 valence electrons. The Hall–Kier alpha value is -4.44. The summed E-state index contributed by atoms with van der Waals surface area (Å²) in [5, 5.41) is 12.0. The largest absolute Gasteiger partial charge is 0.459 e. The Balaban J connectivity index is 1.76. The Bertz CT molecular complexity index is 1490. The van der Waals surface area contributed by atoms with E-state index in [2.05, 4.69) is 25.7 Å². The van der Waals surface area contributed by atoms with E-state index in [0.717, 1.165) is 6.07 Å². The van der Waals surface area contributed by atoms with Gasteiger partial charge >= 0.3 is 18.3 Å². The number of carbonyl (C=O) groups excluding carboxylic acids is 1. The number of hydrogen-bond acceptors (Lipinski definition) is 5. The van der Waals surface area contributed by atoms with E-state index in [-0.39, 0.29) is 26.2 Å². The van der Waals surface area contributed by atoms with E-state index >= 15 is 4.39 Å². The van der Waals surface area contributed by atoms with Crippen LogP contribution in [0.5, 0.6) is 0 Å². The molecule has 3 aromatic heterocycles. The third-order valence-corrected chi connectivity index (χ3v) is 5.13. The van der Waals surface area contributed by atoms with Gasteiger partial charge in [0.05, 0.1) is 11.9 Å². The standard InChI is InChI=1S/C21H12F9N7O/c1-36-18(14(20(25,26)27)16(34-36)19(23,24)21(28,29)30)37-9-13(33-35-37)11-3-2-4-12(15(11)22)32-17(38)10-5-7-31-8-6-10/h2-9H,1H3,(H,32,38). The fourth-order valence-electron chi connectivity index (χ4n) is 3.41. The number of amides is 1. The lowest BCUT2D eigenvalue weighted by Gasteiger charge is -2.19. The number of aryl methyl sites for hydroxylation is 1. The summed E-state index contributed by atoms with van der Waals surface area (Å²) in [4.78, 5) is 16.1. The topological polar surface area (TPSA) is 90.5 Å². The van der Waals surface area contributed by atoms with Crippen molar-refractivity contribution in [2.45, 2.75) is 18.3 Å². The van der Waals surface area contributed by atoms with E-state index in [4.69, 9.17) is 0 Å². The highest BCUT2D eigenvalue weighted by Crippen LogP contribution is 2.49. The van der Waals surface area contributed by atoms with E-state index in [9.17, 15) is 39.9 Å². The molecule has 0 saturated carbocycles. The Morgan fingerprint density at radius 3 is 2.24 bits per heavy atom. The Morgan fingerprint density at radius 2 is 1.63 bits per heavy atom. The third-order valence-electron chi connectivity index (χ3n) is 5.13. The van der Waals surface area contributed by atoms with Crippen LogP contribution in [0.25, 0.3) is 17.1 Å². The monoisotopic (exact) mass is 549 g/mol. The van der Waals surface area contributed by atoms with E-state index in [0.29, 0.717) is 13.2 Å². The van der Waals surface area contributed by atoms with Crippen LogP contribution in [0, 0.1) is 5.82 Å². The van der Waals surface area contributed by atoms with Gasteiger partial charge in [0.1, 0.15) is 11.3 Å². The van der Waals surface area contributed by atoms with Gasteiger partial charge in [0, 0.05) is 30.6 Å². The number of nitrogens with zero attached hydrogens (tertiary/aromatic N) is 6. The second-order valence-corrected chi connectivity index (χ2v) is 7.65. The zero-order valence-electron chi connectivity index (χ0n) is 18.6. The van der Waals surface area contributed by atoms with Crippen LogP contribution in [-0.4, -0.2) is 41.8 Å². The van der Waals surface area contributed by atoms with Gasteiger partial charge in [-0.2, -0.15) is 40.2 Å². The lowest BCUT2D eigenvalue weighted by atomic mass is 10.1. The van der Waals surface area contributed by atoms with Crippen LogP contribution in [0.1, 0.15) is 21.6 Å². The van der Waals surface area contributed by atoms with Gasteiger partial charge in [-0.3, -0.25) is 9.78 Å². The van der Waals surface area contributed by atoms with Crippen molar-refractivity contribution in [2.75, 3.05) is 5.32 Å².